The highest BCUT2D eigenvalue weighted by atomic mass is 79.9. The zero-order chi connectivity index (χ0) is 16.3. The largest absolute Gasteiger partial charge is 0.416 e. The number of nitrogens with one attached hydrogen (secondary N) is 1. The molecule has 2 rings (SSSR count). The fourth-order valence-electron chi connectivity index (χ4n) is 2.01. The van der Waals surface area contributed by atoms with Crippen LogP contribution in [0.3, 0.4) is 0 Å². The SMILES string of the molecule is CCn1cc(Br)cc1C(=O)NCc1ccc(C(F)(F)F)cc1. The Morgan fingerprint density at radius 3 is 2.45 bits per heavy atom. The van der Waals surface area contributed by atoms with Gasteiger partial charge in [-0.25, -0.2) is 0 Å². The lowest BCUT2D eigenvalue weighted by molar-refractivity contribution is -0.137. The minimum absolute atomic E-state index is 0.170. The van der Waals surface area contributed by atoms with Crippen LogP contribution in [0.5, 0.6) is 0 Å². The van der Waals surface area contributed by atoms with Gasteiger partial charge in [-0.2, -0.15) is 13.2 Å². The summed E-state index contributed by atoms with van der Waals surface area (Å²) in [7, 11) is 0. The number of amides is 1. The van der Waals surface area contributed by atoms with E-state index >= 15 is 0 Å². The van der Waals surface area contributed by atoms with Crippen molar-refractivity contribution in [2.24, 2.45) is 0 Å². The molecule has 0 aliphatic carbocycles. The number of aromatic nitrogens is 1. The van der Waals surface area contributed by atoms with Gasteiger partial charge in [-0.05, 0) is 46.6 Å². The van der Waals surface area contributed by atoms with Crippen LogP contribution in [0.4, 0.5) is 13.2 Å². The third-order valence-electron chi connectivity index (χ3n) is 3.17. The van der Waals surface area contributed by atoms with Crippen molar-refractivity contribution in [1.82, 2.24) is 9.88 Å². The monoisotopic (exact) mass is 374 g/mol. The van der Waals surface area contributed by atoms with Crippen LogP contribution in [0.15, 0.2) is 41.0 Å². The first-order valence-electron chi connectivity index (χ1n) is 6.61. The van der Waals surface area contributed by atoms with Crippen LogP contribution in [0.25, 0.3) is 0 Å². The molecule has 0 spiro atoms. The lowest BCUT2D eigenvalue weighted by Crippen LogP contribution is -2.25. The summed E-state index contributed by atoms with van der Waals surface area (Å²) < 4.78 is 40.0. The minimum Gasteiger partial charge on any atom is -0.347 e. The molecule has 1 aromatic heterocycles. The second-order valence-corrected chi connectivity index (χ2v) is 5.62. The molecule has 118 valence electrons. The van der Waals surface area contributed by atoms with E-state index in [9.17, 15) is 18.0 Å². The Balaban J connectivity index is 2.02. The average Bonchev–Trinajstić information content (AvgIpc) is 2.85. The minimum atomic E-state index is -4.35. The quantitative estimate of drug-likeness (QED) is 0.853. The van der Waals surface area contributed by atoms with E-state index in [0.29, 0.717) is 17.8 Å². The number of carbonyl (C=O) groups excluding carboxylic acids is 1. The van der Waals surface area contributed by atoms with Crippen LogP contribution in [-0.4, -0.2) is 10.5 Å². The van der Waals surface area contributed by atoms with Gasteiger partial charge in [-0.15, -0.1) is 0 Å². The molecule has 0 saturated carbocycles. The van der Waals surface area contributed by atoms with E-state index in [1.54, 1.807) is 16.8 Å². The topological polar surface area (TPSA) is 34.0 Å². The standard InChI is InChI=1S/C15H14BrF3N2O/c1-2-21-9-12(16)7-13(21)14(22)20-8-10-3-5-11(6-4-10)15(17,18)19/h3-7,9H,2,8H2,1H3,(H,20,22). The molecule has 0 aliphatic rings. The van der Waals surface area contributed by atoms with Gasteiger partial charge in [0.1, 0.15) is 5.69 Å². The van der Waals surface area contributed by atoms with Crippen molar-refractivity contribution in [1.29, 1.82) is 0 Å². The molecule has 0 fully saturated rings. The number of aryl methyl sites for hydroxylation is 1. The van der Waals surface area contributed by atoms with Crippen molar-refractivity contribution in [2.45, 2.75) is 26.2 Å². The van der Waals surface area contributed by atoms with Crippen LogP contribution in [0, 0.1) is 0 Å². The third kappa shape index (κ3) is 3.91. The molecule has 0 bridgehead atoms. The van der Waals surface area contributed by atoms with Gasteiger partial charge in [0, 0.05) is 23.8 Å². The molecule has 7 heteroatoms. The van der Waals surface area contributed by atoms with E-state index in [0.717, 1.165) is 16.6 Å². The molecule has 1 aromatic carbocycles. The lowest BCUT2D eigenvalue weighted by atomic mass is 10.1. The first kappa shape index (κ1) is 16.6. The van der Waals surface area contributed by atoms with E-state index in [1.807, 2.05) is 6.92 Å². The molecule has 2 aromatic rings. The highest BCUT2D eigenvalue weighted by molar-refractivity contribution is 9.10. The molecule has 0 atom stereocenters. The molecule has 22 heavy (non-hydrogen) atoms. The fourth-order valence-corrected chi connectivity index (χ4v) is 2.48. The summed E-state index contributed by atoms with van der Waals surface area (Å²) in [6, 6.07) is 6.43. The molecule has 3 nitrogen and oxygen atoms in total. The molecule has 0 aliphatic heterocycles. The van der Waals surface area contributed by atoms with Crippen LogP contribution >= 0.6 is 15.9 Å². The number of benzene rings is 1. The van der Waals surface area contributed by atoms with E-state index < -0.39 is 11.7 Å². The molecule has 1 heterocycles. The number of halogens is 4. The van der Waals surface area contributed by atoms with Crippen LogP contribution in [0.1, 0.15) is 28.5 Å². The van der Waals surface area contributed by atoms with E-state index in [1.165, 1.54) is 12.1 Å². The first-order valence-corrected chi connectivity index (χ1v) is 7.40. The molecule has 0 unspecified atom stereocenters. The van der Waals surface area contributed by atoms with Crippen molar-refractivity contribution in [3.05, 3.63) is 57.8 Å². The van der Waals surface area contributed by atoms with Crippen LogP contribution in [-0.2, 0) is 19.3 Å². The Labute approximate surface area is 134 Å². The number of carbonyl (C=O) groups is 1. The summed E-state index contributed by atoms with van der Waals surface area (Å²) >= 11 is 3.31. The van der Waals surface area contributed by atoms with Crippen molar-refractivity contribution in [3.63, 3.8) is 0 Å². The Morgan fingerprint density at radius 2 is 1.91 bits per heavy atom. The number of rotatable bonds is 4. The van der Waals surface area contributed by atoms with Crippen molar-refractivity contribution >= 4 is 21.8 Å². The normalized spacial score (nSPS) is 11.5. The van der Waals surface area contributed by atoms with Gasteiger partial charge in [0.05, 0.1) is 5.56 Å². The number of hydrogen-bond donors (Lipinski definition) is 1. The number of hydrogen-bond acceptors (Lipinski definition) is 1. The van der Waals surface area contributed by atoms with E-state index in [2.05, 4.69) is 21.2 Å². The predicted molar refractivity (Wildman–Crippen MR) is 80.4 cm³/mol. The van der Waals surface area contributed by atoms with E-state index in [4.69, 9.17) is 0 Å². The molecular weight excluding hydrogens is 361 g/mol. The molecule has 1 N–H and O–H groups in total. The number of nitrogens with zero attached hydrogens (tertiary/aromatic N) is 1. The molecular formula is C15H14BrF3N2O. The smallest absolute Gasteiger partial charge is 0.347 e. The fraction of sp³-hybridized carbons (Fsp3) is 0.267. The second kappa shape index (κ2) is 6.56. The van der Waals surface area contributed by atoms with Gasteiger partial charge in [0.15, 0.2) is 0 Å². The Hall–Kier alpha value is -1.76. The summed E-state index contributed by atoms with van der Waals surface area (Å²) in [4.78, 5) is 12.1. The highest BCUT2D eigenvalue weighted by Gasteiger charge is 2.29. The van der Waals surface area contributed by atoms with Crippen molar-refractivity contribution in [2.75, 3.05) is 0 Å². The van der Waals surface area contributed by atoms with Crippen molar-refractivity contribution in [3.8, 4) is 0 Å². The lowest BCUT2D eigenvalue weighted by Gasteiger charge is -2.09. The third-order valence-corrected chi connectivity index (χ3v) is 3.60. The predicted octanol–water partition coefficient (Wildman–Crippen LogP) is 4.22. The summed E-state index contributed by atoms with van der Waals surface area (Å²) in [6.45, 7) is 2.73. The second-order valence-electron chi connectivity index (χ2n) is 4.71. The molecule has 1 amide bonds. The van der Waals surface area contributed by atoms with Gasteiger partial charge in [-0.1, -0.05) is 12.1 Å². The van der Waals surface area contributed by atoms with E-state index in [-0.39, 0.29) is 12.5 Å². The summed E-state index contributed by atoms with van der Waals surface area (Å²) in [5, 5.41) is 2.70. The summed E-state index contributed by atoms with van der Waals surface area (Å²) in [5.74, 6) is -0.271. The van der Waals surface area contributed by atoms with Gasteiger partial charge in [0.25, 0.3) is 5.91 Å². The first-order chi connectivity index (χ1) is 10.3. The van der Waals surface area contributed by atoms with Crippen LogP contribution < -0.4 is 5.32 Å². The van der Waals surface area contributed by atoms with Gasteiger partial charge >= 0.3 is 6.18 Å². The zero-order valence-electron chi connectivity index (χ0n) is 11.7. The highest BCUT2D eigenvalue weighted by Crippen LogP contribution is 2.29. The maximum absolute atomic E-state index is 12.5. The average molecular weight is 375 g/mol. The zero-order valence-corrected chi connectivity index (χ0v) is 13.3. The molecule has 0 saturated heterocycles. The maximum Gasteiger partial charge on any atom is 0.416 e. The number of alkyl halides is 3. The van der Waals surface area contributed by atoms with Crippen molar-refractivity contribution < 1.29 is 18.0 Å². The Bertz CT molecular complexity index is 662. The maximum atomic E-state index is 12.5. The van der Waals surface area contributed by atoms with Gasteiger partial charge in [-0.3, -0.25) is 4.79 Å². The van der Waals surface area contributed by atoms with Gasteiger partial charge < -0.3 is 9.88 Å². The summed E-state index contributed by atoms with van der Waals surface area (Å²) in [6.07, 6.45) is -2.55. The molecule has 0 radical (unpaired) electrons. The summed E-state index contributed by atoms with van der Waals surface area (Å²) in [5.41, 5.74) is 0.405. The Kier molecular flexibility index (Phi) is 4.95. The van der Waals surface area contributed by atoms with Crippen LogP contribution in [0.2, 0.25) is 0 Å². The van der Waals surface area contributed by atoms with Gasteiger partial charge in [0.2, 0.25) is 0 Å². The Morgan fingerprint density at radius 1 is 1.27 bits per heavy atom.